The molecule has 0 fully saturated rings. The summed E-state index contributed by atoms with van der Waals surface area (Å²) in [7, 11) is 3.98. The van der Waals surface area contributed by atoms with E-state index < -0.39 is 5.41 Å². The number of benzene rings is 3. The minimum atomic E-state index is -0.732. The van der Waals surface area contributed by atoms with Crippen molar-refractivity contribution < 1.29 is 14.3 Å². The highest BCUT2D eigenvalue weighted by Crippen LogP contribution is 2.27. The molecule has 176 valence electrons. The molecule has 0 aliphatic carbocycles. The van der Waals surface area contributed by atoms with Crippen molar-refractivity contribution in [2.75, 3.05) is 30.9 Å². The highest BCUT2D eigenvalue weighted by Gasteiger charge is 2.29. The van der Waals surface area contributed by atoms with Crippen LogP contribution in [0, 0.1) is 0 Å². The van der Waals surface area contributed by atoms with Gasteiger partial charge in [-0.1, -0.05) is 30.3 Å². The summed E-state index contributed by atoms with van der Waals surface area (Å²) in [6.45, 7) is 6.30. The topological polar surface area (TPSA) is 58.6 Å². The Morgan fingerprint density at radius 3 is 2.09 bits per heavy atom. The van der Waals surface area contributed by atoms with Crippen LogP contribution in [0.2, 0.25) is 0 Å². The fourth-order valence-corrected chi connectivity index (χ4v) is 3.42. The van der Waals surface area contributed by atoms with E-state index in [-0.39, 0.29) is 11.7 Å². The van der Waals surface area contributed by atoms with Crippen LogP contribution < -0.4 is 15.0 Å². The molecule has 0 unspecified atom stereocenters. The van der Waals surface area contributed by atoms with Crippen LogP contribution in [0.4, 0.5) is 11.4 Å². The summed E-state index contributed by atoms with van der Waals surface area (Å²) in [5, 5.41) is 2.96. The average molecular weight is 457 g/mol. The number of hydrogen-bond donors (Lipinski definition) is 1. The number of ether oxygens (including phenoxy) is 1. The molecule has 1 amide bonds. The molecule has 3 rings (SSSR count). The number of nitrogens with one attached hydrogen (secondary N) is 1. The van der Waals surface area contributed by atoms with E-state index >= 15 is 0 Å². The quantitative estimate of drug-likeness (QED) is 0.319. The van der Waals surface area contributed by atoms with Gasteiger partial charge in [-0.3, -0.25) is 9.59 Å². The lowest BCUT2D eigenvalue weighted by Crippen LogP contribution is -2.34. The molecule has 0 saturated carbocycles. The van der Waals surface area contributed by atoms with Crippen LogP contribution in [0.15, 0.2) is 78.9 Å². The fraction of sp³-hybridized carbons (Fsp3) is 0.241. The number of carbonyl (C=O) groups is 2. The molecule has 0 atom stereocenters. The van der Waals surface area contributed by atoms with E-state index in [0.29, 0.717) is 17.9 Å². The van der Waals surface area contributed by atoms with Crippen LogP contribution in [0.5, 0.6) is 5.75 Å². The van der Waals surface area contributed by atoms with Gasteiger partial charge in [-0.2, -0.15) is 0 Å². The summed E-state index contributed by atoms with van der Waals surface area (Å²) in [4.78, 5) is 27.5. The molecule has 0 bridgehead atoms. The molecule has 34 heavy (non-hydrogen) atoms. The molecule has 0 saturated heterocycles. The maximum Gasteiger partial charge on any atom is 0.234 e. The third-order valence-electron chi connectivity index (χ3n) is 5.72. The Morgan fingerprint density at radius 2 is 1.53 bits per heavy atom. The number of rotatable bonds is 9. The van der Waals surface area contributed by atoms with E-state index in [4.69, 9.17) is 4.74 Å². The van der Waals surface area contributed by atoms with Crippen LogP contribution in [-0.2, 0) is 10.2 Å². The van der Waals surface area contributed by atoms with Crippen molar-refractivity contribution in [2.24, 2.45) is 0 Å². The van der Waals surface area contributed by atoms with Crippen LogP contribution >= 0.6 is 0 Å². The minimum absolute atomic E-state index is 0.0933. The van der Waals surface area contributed by atoms with Crippen molar-refractivity contribution in [1.82, 2.24) is 0 Å². The molecular formula is C29H32N2O3. The first-order valence-electron chi connectivity index (χ1n) is 11.4. The molecule has 0 aliphatic heterocycles. The van der Waals surface area contributed by atoms with Crippen molar-refractivity contribution in [3.8, 4) is 5.75 Å². The van der Waals surface area contributed by atoms with Gasteiger partial charge in [-0.15, -0.1) is 0 Å². The van der Waals surface area contributed by atoms with E-state index in [1.807, 2.05) is 88.3 Å². The van der Waals surface area contributed by atoms with Crippen molar-refractivity contribution in [2.45, 2.75) is 26.2 Å². The zero-order valence-corrected chi connectivity index (χ0v) is 20.5. The second-order valence-corrected chi connectivity index (χ2v) is 8.80. The molecule has 0 radical (unpaired) electrons. The lowest BCUT2D eigenvalue weighted by Gasteiger charge is -2.24. The van der Waals surface area contributed by atoms with Gasteiger partial charge in [0.2, 0.25) is 5.91 Å². The third-order valence-corrected chi connectivity index (χ3v) is 5.72. The molecule has 3 aromatic rings. The number of carbonyl (C=O) groups excluding carboxylic acids is 2. The van der Waals surface area contributed by atoms with Crippen molar-refractivity contribution >= 4 is 29.1 Å². The summed E-state index contributed by atoms with van der Waals surface area (Å²) in [5.41, 5.74) is 3.42. The van der Waals surface area contributed by atoms with Gasteiger partial charge in [0.05, 0.1) is 12.0 Å². The van der Waals surface area contributed by atoms with Gasteiger partial charge in [-0.05, 0) is 86.5 Å². The zero-order chi connectivity index (χ0) is 24.7. The van der Waals surface area contributed by atoms with Gasteiger partial charge >= 0.3 is 0 Å². The Kier molecular flexibility index (Phi) is 7.90. The average Bonchev–Trinajstić information content (AvgIpc) is 2.83. The molecule has 0 aliphatic rings. The summed E-state index contributed by atoms with van der Waals surface area (Å²) in [6, 6.07) is 22.5. The first-order chi connectivity index (χ1) is 16.2. The number of anilines is 2. The van der Waals surface area contributed by atoms with E-state index in [0.717, 1.165) is 22.6 Å². The lowest BCUT2D eigenvalue weighted by atomic mass is 9.83. The molecule has 5 nitrogen and oxygen atoms in total. The summed E-state index contributed by atoms with van der Waals surface area (Å²) < 4.78 is 5.48. The van der Waals surface area contributed by atoms with Gasteiger partial charge in [0.15, 0.2) is 5.78 Å². The Morgan fingerprint density at radius 1 is 0.912 bits per heavy atom. The highest BCUT2D eigenvalue weighted by atomic mass is 16.5. The van der Waals surface area contributed by atoms with Gasteiger partial charge in [0.1, 0.15) is 5.75 Å². The number of hydrogen-bond acceptors (Lipinski definition) is 4. The summed E-state index contributed by atoms with van der Waals surface area (Å²) >= 11 is 0. The number of allylic oxidation sites excluding steroid dienone is 1. The van der Waals surface area contributed by atoms with Gasteiger partial charge < -0.3 is 15.0 Å². The predicted octanol–water partition coefficient (Wildman–Crippen LogP) is 5.96. The van der Waals surface area contributed by atoms with E-state index in [9.17, 15) is 9.59 Å². The van der Waals surface area contributed by atoms with Crippen LogP contribution in [-0.4, -0.2) is 32.4 Å². The summed E-state index contributed by atoms with van der Waals surface area (Å²) in [5.74, 6) is 0.559. The normalized spacial score (nSPS) is 11.3. The lowest BCUT2D eigenvalue weighted by molar-refractivity contribution is -0.120. The molecule has 0 aromatic heterocycles. The highest BCUT2D eigenvalue weighted by molar-refractivity contribution is 6.07. The Labute approximate surface area is 202 Å². The second kappa shape index (κ2) is 10.8. The van der Waals surface area contributed by atoms with Crippen LogP contribution in [0.1, 0.15) is 42.3 Å². The Hall–Kier alpha value is -3.86. The maximum absolute atomic E-state index is 13.0. The zero-order valence-electron chi connectivity index (χ0n) is 20.5. The molecule has 5 heteroatoms. The molecule has 1 N–H and O–H groups in total. The first-order valence-corrected chi connectivity index (χ1v) is 11.4. The third kappa shape index (κ3) is 6.13. The van der Waals surface area contributed by atoms with Crippen molar-refractivity contribution in [3.05, 3.63) is 95.6 Å². The molecular weight excluding hydrogens is 424 g/mol. The van der Waals surface area contributed by atoms with Crippen molar-refractivity contribution in [1.29, 1.82) is 0 Å². The molecule has 0 heterocycles. The largest absolute Gasteiger partial charge is 0.494 e. The Balaban J connectivity index is 1.63. The van der Waals surface area contributed by atoms with E-state index in [1.54, 1.807) is 36.4 Å². The van der Waals surface area contributed by atoms with Crippen LogP contribution in [0.25, 0.3) is 6.08 Å². The SMILES string of the molecule is CCOc1ccc(C(C)(C)C(=O)Nc2ccc(C(=O)/C=C/c3ccc(N(C)C)cc3)cc2)cc1. The van der Waals surface area contributed by atoms with Gasteiger partial charge in [0.25, 0.3) is 0 Å². The molecule has 0 spiro atoms. The monoisotopic (exact) mass is 456 g/mol. The van der Waals surface area contributed by atoms with Crippen molar-refractivity contribution in [3.63, 3.8) is 0 Å². The van der Waals surface area contributed by atoms with Gasteiger partial charge in [0, 0.05) is 31.0 Å². The smallest absolute Gasteiger partial charge is 0.234 e. The van der Waals surface area contributed by atoms with Gasteiger partial charge in [-0.25, -0.2) is 0 Å². The summed E-state index contributed by atoms with van der Waals surface area (Å²) in [6.07, 6.45) is 3.37. The van der Waals surface area contributed by atoms with E-state index in [1.165, 1.54) is 0 Å². The minimum Gasteiger partial charge on any atom is -0.494 e. The number of amides is 1. The number of nitrogens with zero attached hydrogens (tertiary/aromatic N) is 1. The predicted molar refractivity (Wildman–Crippen MR) is 140 cm³/mol. The standard InChI is InChI=1S/C29H32N2O3/c1-6-34-26-18-12-23(13-19-26)29(2,3)28(33)30-24-14-10-22(11-15-24)27(32)20-9-21-7-16-25(17-8-21)31(4)5/h7-20H,6H2,1-5H3,(H,30,33)/b20-9+. The molecule has 3 aromatic carbocycles. The first kappa shape index (κ1) is 24.8. The number of ketones is 1. The Bertz CT molecular complexity index is 1140. The van der Waals surface area contributed by atoms with E-state index in [2.05, 4.69) is 5.32 Å². The second-order valence-electron chi connectivity index (χ2n) is 8.80. The van der Waals surface area contributed by atoms with Crippen LogP contribution in [0.3, 0.4) is 0 Å². The maximum atomic E-state index is 13.0. The fourth-order valence-electron chi connectivity index (χ4n) is 3.42.